The first-order chi connectivity index (χ1) is 7.20. The third-order valence-electron chi connectivity index (χ3n) is 2.51. The quantitative estimate of drug-likeness (QED) is 0.829. The van der Waals surface area contributed by atoms with Gasteiger partial charge in [-0.3, -0.25) is 9.36 Å². The molecule has 15 heavy (non-hydrogen) atoms. The molecular formula is C9H13N3O2S. The van der Waals surface area contributed by atoms with Crippen LogP contribution in [0.4, 0.5) is 0 Å². The van der Waals surface area contributed by atoms with E-state index in [1.807, 2.05) is 6.92 Å². The number of carbonyl (C=O) groups is 1. The summed E-state index contributed by atoms with van der Waals surface area (Å²) in [5.74, 6) is 0.313. The Labute approximate surface area is 91.3 Å². The first-order valence-corrected chi connectivity index (χ1v) is 5.92. The highest BCUT2D eigenvalue weighted by Crippen LogP contribution is 2.31. The van der Waals surface area contributed by atoms with Gasteiger partial charge >= 0.3 is 5.69 Å². The van der Waals surface area contributed by atoms with Crippen LogP contribution >= 0.6 is 11.8 Å². The van der Waals surface area contributed by atoms with E-state index in [4.69, 9.17) is 0 Å². The fourth-order valence-corrected chi connectivity index (χ4v) is 2.94. The highest BCUT2D eigenvalue weighted by atomic mass is 32.2. The Balaban J connectivity index is 2.10. The normalized spacial score (nSPS) is 21.1. The van der Waals surface area contributed by atoms with Crippen molar-refractivity contribution in [3.05, 3.63) is 10.5 Å². The number of ketones is 1. The molecule has 82 valence electrons. The number of H-pyrrole nitrogens is 1. The maximum atomic E-state index is 11.3. The molecule has 1 aromatic heterocycles. The van der Waals surface area contributed by atoms with Gasteiger partial charge in [0.1, 0.15) is 5.78 Å². The summed E-state index contributed by atoms with van der Waals surface area (Å²) in [5, 5.41) is 7.36. The lowest BCUT2D eigenvalue weighted by Crippen LogP contribution is -2.16. The molecule has 1 unspecified atom stereocenters. The van der Waals surface area contributed by atoms with Gasteiger partial charge in [-0.25, -0.2) is 9.89 Å². The number of aromatic amines is 1. The predicted octanol–water partition coefficient (Wildman–Crippen LogP) is 0.805. The predicted molar refractivity (Wildman–Crippen MR) is 57.0 cm³/mol. The Hall–Kier alpha value is -1.04. The van der Waals surface area contributed by atoms with E-state index in [1.54, 1.807) is 4.57 Å². The topological polar surface area (TPSA) is 67.8 Å². The Morgan fingerprint density at radius 2 is 2.40 bits per heavy atom. The number of nitrogens with zero attached hydrogens (tertiary/aromatic N) is 2. The first-order valence-electron chi connectivity index (χ1n) is 5.04. The van der Waals surface area contributed by atoms with E-state index in [-0.39, 0.29) is 10.9 Å². The molecule has 1 aromatic rings. The van der Waals surface area contributed by atoms with Crippen LogP contribution in [0.2, 0.25) is 0 Å². The van der Waals surface area contributed by atoms with Crippen molar-refractivity contribution in [2.75, 3.05) is 0 Å². The van der Waals surface area contributed by atoms with E-state index in [9.17, 15) is 9.59 Å². The van der Waals surface area contributed by atoms with Gasteiger partial charge in [-0.1, -0.05) is 11.8 Å². The number of hydrogen-bond donors (Lipinski definition) is 1. The van der Waals surface area contributed by atoms with Crippen LogP contribution in [-0.2, 0) is 11.3 Å². The Morgan fingerprint density at radius 3 is 3.00 bits per heavy atom. The summed E-state index contributed by atoms with van der Waals surface area (Å²) >= 11 is 1.53. The molecule has 1 atom stereocenters. The molecule has 0 radical (unpaired) electrons. The highest BCUT2D eigenvalue weighted by molar-refractivity contribution is 7.99. The molecule has 1 heterocycles. The molecule has 0 amide bonds. The minimum atomic E-state index is -0.177. The van der Waals surface area contributed by atoms with Crippen molar-refractivity contribution in [3.63, 3.8) is 0 Å². The summed E-state index contributed by atoms with van der Waals surface area (Å²) in [7, 11) is 0. The van der Waals surface area contributed by atoms with Gasteiger partial charge < -0.3 is 0 Å². The minimum absolute atomic E-state index is 0.177. The van der Waals surface area contributed by atoms with Crippen molar-refractivity contribution in [3.8, 4) is 0 Å². The van der Waals surface area contributed by atoms with Crippen molar-refractivity contribution >= 4 is 17.5 Å². The van der Waals surface area contributed by atoms with Crippen LogP contribution in [0.3, 0.4) is 0 Å². The fourth-order valence-electron chi connectivity index (χ4n) is 1.70. The van der Waals surface area contributed by atoms with Crippen molar-refractivity contribution in [1.29, 1.82) is 0 Å². The molecule has 6 heteroatoms. The SMILES string of the molecule is CCn1c(SC2CCC(=O)C2)n[nH]c1=O. The zero-order chi connectivity index (χ0) is 10.8. The van der Waals surface area contributed by atoms with Gasteiger partial charge in [0.15, 0.2) is 5.16 Å². The van der Waals surface area contributed by atoms with Gasteiger partial charge in [0.05, 0.1) is 0 Å². The molecule has 0 aromatic carbocycles. The van der Waals surface area contributed by atoms with Gasteiger partial charge in [0.2, 0.25) is 0 Å². The smallest absolute Gasteiger partial charge is 0.300 e. The summed E-state index contributed by atoms with van der Waals surface area (Å²) in [6, 6.07) is 0. The average molecular weight is 227 g/mol. The summed E-state index contributed by atoms with van der Waals surface area (Å²) in [5.41, 5.74) is -0.177. The number of carbonyl (C=O) groups excluding carboxylic acids is 1. The highest BCUT2D eigenvalue weighted by Gasteiger charge is 2.24. The monoisotopic (exact) mass is 227 g/mol. The van der Waals surface area contributed by atoms with E-state index in [0.29, 0.717) is 30.3 Å². The molecular weight excluding hydrogens is 214 g/mol. The average Bonchev–Trinajstić information content (AvgIpc) is 2.75. The van der Waals surface area contributed by atoms with Gasteiger partial charge in [-0.2, -0.15) is 0 Å². The van der Waals surface area contributed by atoms with Crippen molar-refractivity contribution in [2.45, 2.75) is 43.1 Å². The molecule has 5 nitrogen and oxygen atoms in total. The second-order valence-corrected chi connectivity index (χ2v) is 4.84. The van der Waals surface area contributed by atoms with Crippen LogP contribution in [0, 0.1) is 0 Å². The van der Waals surface area contributed by atoms with Crippen LogP contribution in [0.1, 0.15) is 26.2 Å². The summed E-state index contributed by atoms with van der Waals surface area (Å²) in [6.45, 7) is 2.51. The van der Waals surface area contributed by atoms with E-state index >= 15 is 0 Å². The molecule has 0 aliphatic heterocycles. The van der Waals surface area contributed by atoms with Crippen LogP contribution in [0.25, 0.3) is 0 Å². The Morgan fingerprint density at radius 1 is 1.60 bits per heavy atom. The number of hydrogen-bond acceptors (Lipinski definition) is 4. The third kappa shape index (κ3) is 2.14. The van der Waals surface area contributed by atoms with Gasteiger partial charge in [-0.05, 0) is 13.3 Å². The second-order valence-electron chi connectivity index (χ2n) is 3.58. The minimum Gasteiger partial charge on any atom is -0.300 e. The molecule has 2 rings (SSSR count). The molecule has 1 saturated carbocycles. The maximum Gasteiger partial charge on any atom is 0.343 e. The van der Waals surface area contributed by atoms with Gasteiger partial charge in [-0.15, -0.1) is 5.10 Å². The van der Waals surface area contributed by atoms with E-state index < -0.39 is 0 Å². The molecule has 1 aliphatic rings. The van der Waals surface area contributed by atoms with E-state index in [0.717, 1.165) is 6.42 Å². The molecule has 1 fully saturated rings. The number of nitrogens with one attached hydrogen (secondary N) is 1. The van der Waals surface area contributed by atoms with Crippen LogP contribution in [0.5, 0.6) is 0 Å². The molecule has 1 aliphatic carbocycles. The van der Waals surface area contributed by atoms with E-state index in [1.165, 1.54) is 11.8 Å². The lowest BCUT2D eigenvalue weighted by atomic mass is 10.4. The Kier molecular flexibility index (Phi) is 2.95. The number of Topliss-reactive ketones (excluding diaryl/α,β-unsaturated/α-hetero) is 1. The zero-order valence-corrected chi connectivity index (χ0v) is 9.34. The summed E-state index contributed by atoms with van der Waals surface area (Å²) in [4.78, 5) is 22.4. The lowest BCUT2D eigenvalue weighted by Gasteiger charge is -2.06. The van der Waals surface area contributed by atoms with Crippen molar-refractivity contribution in [2.24, 2.45) is 0 Å². The van der Waals surface area contributed by atoms with Crippen molar-refractivity contribution in [1.82, 2.24) is 14.8 Å². The number of thioether (sulfide) groups is 1. The summed E-state index contributed by atoms with van der Waals surface area (Å²) in [6.07, 6.45) is 2.17. The molecule has 0 saturated heterocycles. The van der Waals surface area contributed by atoms with Crippen LogP contribution in [-0.4, -0.2) is 25.8 Å². The fraction of sp³-hybridized carbons (Fsp3) is 0.667. The summed E-state index contributed by atoms with van der Waals surface area (Å²) < 4.78 is 1.59. The Bertz CT molecular complexity index is 423. The van der Waals surface area contributed by atoms with Gasteiger partial charge in [0, 0.05) is 24.6 Å². The van der Waals surface area contributed by atoms with E-state index in [2.05, 4.69) is 10.2 Å². The standard InChI is InChI=1S/C9H13N3O2S/c1-2-12-8(14)10-11-9(12)15-7-4-3-6(13)5-7/h7H,2-5H2,1H3,(H,10,14). The molecule has 1 N–H and O–H groups in total. The first kappa shape index (κ1) is 10.5. The molecule has 0 spiro atoms. The number of aromatic nitrogens is 3. The lowest BCUT2D eigenvalue weighted by molar-refractivity contribution is -0.117. The molecule has 0 bridgehead atoms. The van der Waals surface area contributed by atoms with Crippen LogP contribution in [0.15, 0.2) is 9.95 Å². The van der Waals surface area contributed by atoms with Crippen molar-refractivity contribution < 1.29 is 4.79 Å². The second kappa shape index (κ2) is 4.22. The maximum absolute atomic E-state index is 11.3. The number of rotatable bonds is 3. The van der Waals surface area contributed by atoms with Crippen LogP contribution < -0.4 is 5.69 Å². The zero-order valence-electron chi connectivity index (χ0n) is 8.52. The largest absolute Gasteiger partial charge is 0.343 e. The van der Waals surface area contributed by atoms with Gasteiger partial charge in [0.25, 0.3) is 0 Å². The third-order valence-corrected chi connectivity index (χ3v) is 3.77.